The Morgan fingerprint density at radius 2 is 2.20 bits per heavy atom. The molecular formula is C8H15NO5S. The van der Waals surface area contributed by atoms with Gasteiger partial charge in [-0.1, -0.05) is 0 Å². The molecule has 0 spiro atoms. The number of hydrogen-bond donors (Lipinski definition) is 3. The molecular weight excluding hydrogens is 222 g/mol. The molecule has 3 N–H and O–H groups in total. The topological polar surface area (TPSA) is 104 Å². The molecule has 1 aliphatic rings. The first-order valence-electron chi connectivity index (χ1n) is 4.83. The molecule has 1 saturated heterocycles. The van der Waals surface area contributed by atoms with Crippen molar-refractivity contribution in [3.8, 4) is 0 Å². The summed E-state index contributed by atoms with van der Waals surface area (Å²) in [6.07, 6.45) is 1.71. The smallest absolute Gasteiger partial charge is 0.291 e. The standard InChI is InChI=1S/C8H15NO5S/c10-7(15(12,13)14)4-3-6-2-1-5-9-8(6)11/h6-7,10H,1-5H2,(H,9,11)(H,12,13,14)/t6-,7?/m0/s1. The van der Waals surface area contributed by atoms with Gasteiger partial charge in [0.25, 0.3) is 10.1 Å². The summed E-state index contributed by atoms with van der Waals surface area (Å²) in [6.45, 7) is 0.649. The van der Waals surface area contributed by atoms with Crippen molar-refractivity contribution < 1.29 is 22.9 Å². The molecule has 0 bridgehead atoms. The minimum atomic E-state index is -4.40. The molecule has 88 valence electrons. The van der Waals surface area contributed by atoms with E-state index in [-0.39, 0.29) is 24.7 Å². The van der Waals surface area contributed by atoms with E-state index in [1.54, 1.807) is 0 Å². The van der Waals surface area contributed by atoms with Gasteiger partial charge in [0, 0.05) is 12.5 Å². The Labute approximate surface area is 88.4 Å². The molecule has 0 aliphatic carbocycles. The minimum absolute atomic E-state index is 0.108. The predicted molar refractivity (Wildman–Crippen MR) is 52.5 cm³/mol. The van der Waals surface area contributed by atoms with E-state index in [2.05, 4.69) is 5.32 Å². The number of hydrogen-bond acceptors (Lipinski definition) is 4. The van der Waals surface area contributed by atoms with Gasteiger partial charge in [-0.3, -0.25) is 9.35 Å². The van der Waals surface area contributed by atoms with Crippen LogP contribution >= 0.6 is 0 Å². The first-order chi connectivity index (χ1) is 6.91. The first-order valence-corrected chi connectivity index (χ1v) is 6.33. The summed E-state index contributed by atoms with van der Waals surface area (Å²) in [5.74, 6) is -0.362. The van der Waals surface area contributed by atoms with Gasteiger partial charge in [-0.25, -0.2) is 0 Å². The monoisotopic (exact) mass is 237 g/mol. The van der Waals surface area contributed by atoms with Gasteiger partial charge < -0.3 is 10.4 Å². The Morgan fingerprint density at radius 1 is 1.53 bits per heavy atom. The fourth-order valence-electron chi connectivity index (χ4n) is 1.60. The highest BCUT2D eigenvalue weighted by Crippen LogP contribution is 2.19. The second-order valence-electron chi connectivity index (χ2n) is 3.68. The van der Waals surface area contributed by atoms with Gasteiger partial charge in [0.05, 0.1) is 0 Å². The van der Waals surface area contributed by atoms with Crippen LogP contribution in [-0.4, -0.2) is 36.0 Å². The summed E-state index contributed by atoms with van der Waals surface area (Å²) >= 11 is 0. The minimum Gasteiger partial charge on any atom is -0.375 e. The van der Waals surface area contributed by atoms with E-state index in [0.29, 0.717) is 13.0 Å². The number of aliphatic hydroxyl groups is 1. The van der Waals surface area contributed by atoms with Crippen molar-refractivity contribution in [1.82, 2.24) is 5.32 Å². The summed E-state index contributed by atoms with van der Waals surface area (Å²) in [5.41, 5.74) is -1.78. The molecule has 1 unspecified atom stereocenters. The highest BCUT2D eigenvalue weighted by Gasteiger charge is 2.26. The number of nitrogens with one attached hydrogen (secondary N) is 1. The van der Waals surface area contributed by atoms with Crippen LogP contribution in [-0.2, 0) is 14.9 Å². The van der Waals surface area contributed by atoms with E-state index < -0.39 is 15.6 Å². The van der Waals surface area contributed by atoms with Crippen LogP contribution in [0.5, 0.6) is 0 Å². The Balaban J connectivity index is 2.39. The number of carbonyl (C=O) groups is 1. The fourth-order valence-corrected chi connectivity index (χ4v) is 2.04. The van der Waals surface area contributed by atoms with Crippen molar-refractivity contribution in [3.05, 3.63) is 0 Å². The van der Waals surface area contributed by atoms with Gasteiger partial charge in [-0.15, -0.1) is 0 Å². The van der Waals surface area contributed by atoms with Crippen molar-refractivity contribution in [1.29, 1.82) is 0 Å². The number of aliphatic hydroxyl groups excluding tert-OH is 1. The van der Waals surface area contributed by atoms with Gasteiger partial charge in [0.2, 0.25) is 5.91 Å². The van der Waals surface area contributed by atoms with Crippen molar-refractivity contribution in [2.24, 2.45) is 5.92 Å². The van der Waals surface area contributed by atoms with Crippen LogP contribution in [0.2, 0.25) is 0 Å². The van der Waals surface area contributed by atoms with Crippen LogP contribution < -0.4 is 5.32 Å². The average molecular weight is 237 g/mol. The van der Waals surface area contributed by atoms with Gasteiger partial charge >= 0.3 is 0 Å². The zero-order valence-electron chi connectivity index (χ0n) is 8.22. The van der Waals surface area contributed by atoms with Crippen LogP contribution in [0.1, 0.15) is 25.7 Å². The quantitative estimate of drug-likeness (QED) is 0.572. The molecule has 0 aromatic carbocycles. The third-order valence-electron chi connectivity index (χ3n) is 2.51. The van der Waals surface area contributed by atoms with Crippen LogP contribution in [0.15, 0.2) is 0 Å². The molecule has 0 saturated carbocycles. The SMILES string of the molecule is O=C1NCCC[C@H]1CCC(O)S(=O)(=O)O. The van der Waals surface area contributed by atoms with Crippen LogP contribution in [0.4, 0.5) is 0 Å². The summed E-state index contributed by atoms with van der Waals surface area (Å²) in [4.78, 5) is 11.3. The Morgan fingerprint density at radius 3 is 2.73 bits per heavy atom. The molecule has 6 nitrogen and oxygen atoms in total. The maximum atomic E-state index is 11.3. The summed E-state index contributed by atoms with van der Waals surface area (Å²) in [5, 5.41) is 11.7. The predicted octanol–water partition coefficient (Wildman–Crippen LogP) is -0.501. The summed E-state index contributed by atoms with van der Waals surface area (Å²) < 4.78 is 29.5. The lowest BCUT2D eigenvalue weighted by molar-refractivity contribution is -0.126. The molecule has 1 heterocycles. The highest BCUT2D eigenvalue weighted by molar-refractivity contribution is 7.86. The van der Waals surface area contributed by atoms with Crippen molar-refractivity contribution in [2.45, 2.75) is 31.1 Å². The lowest BCUT2D eigenvalue weighted by atomic mass is 9.94. The third kappa shape index (κ3) is 3.77. The normalized spacial score (nSPS) is 24.7. The molecule has 1 aliphatic heterocycles. The number of carbonyl (C=O) groups excluding carboxylic acids is 1. The average Bonchev–Trinajstić information content (AvgIpc) is 2.14. The number of piperidine rings is 1. The van der Waals surface area contributed by atoms with Crippen molar-refractivity contribution in [3.63, 3.8) is 0 Å². The molecule has 15 heavy (non-hydrogen) atoms. The van der Waals surface area contributed by atoms with Gasteiger partial charge in [-0.2, -0.15) is 8.42 Å². The van der Waals surface area contributed by atoms with E-state index >= 15 is 0 Å². The number of rotatable bonds is 4. The maximum Gasteiger partial charge on any atom is 0.291 e. The second-order valence-corrected chi connectivity index (χ2v) is 5.25. The van der Waals surface area contributed by atoms with Crippen molar-refractivity contribution in [2.75, 3.05) is 6.54 Å². The fraction of sp³-hybridized carbons (Fsp3) is 0.875. The van der Waals surface area contributed by atoms with E-state index in [1.807, 2.05) is 0 Å². The molecule has 1 amide bonds. The van der Waals surface area contributed by atoms with E-state index in [9.17, 15) is 13.2 Å². The largest absolute Gasteiger partial charge is 0.375 e. The zero-order valence-corrected chi connectivity index (χ0v) is 9.03. The zero-order chi connectivity index (χ0) is 11.5. The summed E-state index contributed by atoms with van der Waals surface area (Å²) in [7, 11) is -4.40. The van der Waals surface area contributed by atoms with E-state index in [1.165, 1.54) is 0 Å². The van der Waals surface area contributed by atoms with Gasteiger partial charge in [0.15, 0.2) is 5.44 Å². The molecule has 2 atom stereocenters. The van der Waals surface area contributed by atoms with Gasteiger partial charge in [0.1, 0.15) is 0 Å². The van der Waals surface area contributed by atoms with Gasteiger partial charge in [-0.05, 0) is 25.7 Å². The lowest BCUT2D eigenvalue weighted by Crippen LogP contribution is -2.37. The maximum absolute atomic E-state index is 11.3. The lowest BCUT2D eigenvalue weighted by Gasteiger charge is -2.22. The summed E-state index contributed by atoms with van der Waals surface area (Å²) in [6, 6.07) is 0. The highest BCUT2D eigenvalue weighted by atomic mass is 32.2. The Hall–Kier alpha value is -0.660. The molecule has 0 aromatic rings. The number of amides is 1. The van der Waals surface area contributed by atoms with Crippen LogP contribution in [0.3, 0.4) is 0 Å². The Kier molecular flexibility index (Phi) is 4.06. The van der Waals surface area contributed by atoms with Crippen LogP contribution in [0, 0.1) is 5.92 Å². The molecule has 7 heteroatoms. The van der Waals surface area contributed by atoms with E-state index in [0.717, 1.165) is 6.42 Å². The third-order valence-corrected chi connectivity index (χ3v) is 3.43. The first kappa shape index (κ1) is 12.4. The molecule has 0 radical (unpaired) electrons. The second kappa shape index (κ2) is 4.91. The Bertz CT molecular complexity index is 326. The van der Waals surface area contributed by atoms with Crippen LogP contribution in [0.25, 0.3) is 0 Å². The van der Waals surface area contributed by atoms with E-state index in [4.69, 9.17) is 9.66 Å². The van der Waals surface area contributed by atoms with Crippen molar-refractivity contribution >= 4 is 16.0 Å². The molecule has 0 aromatic heterocycles. The molecule has 1 rings (SSSR count). The molecule has 1 fully saturated rings.